The van der Waals surface area contributed by atoms with E-state index >= 15 is 0 Å². The predicted molar refractivity (Wildman–Crippen MR) is 127 cm³/mol. The van der Waals surface area contributed by atoms with E-state index in [4.69, 9.17) is 32.9 Å². The summed E-state index contributed by atoms with van der Waals surface area (Å²) in [4.78, 5) is 6.07. The van der Waals surface area contributed by atoms with Crippen LogP contribution in [0.1, 0.15) is 24.8 Å². The highest BCUT2D eigenvalue weighted by atomic mass is 35.5. The summed E-state index contributed by atoms with van der Waals surface area (Å²) in [6, 6.07) is 5.54. The molecule has 2 heterocycles. The first-order chi connectivity index (χ1) is 14.5. The summed E-state index contributed by atoms with van der Waals surface area (Å²) in [5.41, 5.74) is 0.576. The van der Waals surface area contributed by atoms with Crippen LogP contribution in [0.25, 0.3) is 0 Å². The smallest absolute Gasteiger partial charge is 0.247 e. The van der Waals surface area contributed by atoms with Crippen LogP contribution in [0.4, 0.5) is 0 Å². The zero-order chi connectivity index (χ0) is 21.1. The molecule has 30 heavy (non-hydrogen) atoms. The van der Waals surface area contributed by atoms with Crippen LogP contribution in [0.2, 0.25) is 10.0 Å². The SMILES string of the molecule is CSC1=CC(NC2=C\CC/C=C3/OC(c4c(Cl)cccc4Cl)=NN(C)/C3=N/2)CC=C1. The largest absolute Gasteiger partial charge is 0.433 e. The van der Waals surface area contributed by atoms with E-state index in [-0.39, 0.29) is 6.04 Å². The highest BCUT2D eigenvalue weighted by molar-refractivity contribution is 8.02. The van der Waals surface area contributed by atoms with Gasteiger partial charge in [-0.05, 0) is 55.9 Å². The third-order valence-corrected chi connectivity index (χ3v) is 6.19. The van der Waals surface area contributed by atoms with Crippen LogP contribution in [-0.2, 0) is 4.74 Å². The monoisotopic (exact) mass is 460 g/mol. The molecule has 3 aliphatic rings. The van der Waals surface area contributed by atoms with E-state index < -0.39 is 0 Å². The number of aliphatic imine (C=N–C) groups is 1. The number of halogens is 2. The van der Waals surface area contributed by atoms with Gasteiger partial charge in [-0.3, -0.25) is 0 Å². The van der Waals surface area contributed by atoms with Crippen molar-refractivity contribution in [2.24, 2.45) is 10.1 Å². The van der Waals surface area contributed by atoms with Gasteiger partial charge in [0.05, 0.1) is 21.7 Å². The van der Waals surface area contributed by atoms with Crippen LogP contribution in [-0.4, -0.2) is 36.1 Å². The molecule has 0 amide bonds. The summed E-state index contributed by atoms with van der Waals surface area (Å²) in [5, 5.41) is 10.8. The Bertz CT molecular complexity index is 1010. The van der Waals surface area contributed by atoms with E-state index in [0.717, 1.165) is 25.1 Å². The summed E-state index contributed by atoms with van der Waals surface area (Å²) in [6.45, 7) is 0. The van der Waals surface area contributed by atoms with Crippen LogP contribution in [0.5, 0.6) is 0 Å². The van der Waals surface area contributed by atoms with Crippen molar-refractivity contribution in [3.63, 3.8) is 0 Å². The minimum Gasteiger partial charge on any atom is -0.433 e. The van der Waals surface area contributed by atoms with Crippen molar-refractivity contribution in [1.29, 1.82) is 0 Å². The fourth-order valence-corrected chi connectivity index (χ4v) is 4.43. The van der Waals surface area contributed by atoms with Crippen LogP contribution in [0.3, 0.4) is 0 Å². The molecule has 0 aromatic heterocycles. The number of allylic oxidation sites excluding steroid dienone is 3. The molecule has 0 saturated carbocycles. The Kier molecular flexibility index (Phi) is 6.56. The number of hydrogen-bond donors (Lipinski definition) is 1. The Morgan fingerprint density at radius 3 is 2.73 bits per heavy atom. The van der Waals surface area contributed by atoms with Gasteiger partial charge < -0.3 is 10.1 Å². The Labute approximate surface area is 190 Å². The second kappa shape index (κ2) is 9.33. The number of rotatable bonds is 4. The second-order valence-corrected chi connectivity index (χ2v) is 8.65. The molecule has 4 rings (SSSR count). The molecule has 2 aliphatic heterocycles. The fourth-order valence-electron chi connectivity index (χ4n) is 3.34. The third-order valence-electron chi connectivity index (χ3n) is 4.82. The Morgan fingerprint density at radius 2 is 1.97 bits per heavy atom. The average Bonchev–Trinajstić information content (AvgIpc) is 2.71. The normalized spacial score (nSPS) is 26.3. The van der Waals surface area contributed by atoms with Crippen molar-refractivity contribution < 1.29 is 4.74 Å². The van der Waals surface area contributed by atoms with E-state index in [9.17, 15) is 0 Å². The number of nitrogens with zero attached hydrogens (tertiary/aromatic N) is 3. The predicted octanol–water partition coefficient (Wildman–Crippen LogP) is 5.70. The van der Waals surface area contributed by atoms with E-state index in [1.54, 1.807) is 35.0 Å². The van der Waals surface area contributed by atoms with Gasteiger partial charge in [0.25, 0.3) is 0 Å². The molecular weight excluding hydrogens is 439 g/mol. The number of nitrogens with one attached hydrogen (secondary N) is 1. The fraction of sp³-hybridized carbons (Fsp3) is 0.273. The van der Waals surface area contributed by atoms with Crippen molar-refractivity contribution in [1.82, 2.24) is 10.3 Å². The summed E-state index contributed by atoms with van der Waals surface area (Å²) < 4.78 is 6.11. The number of benzene rings is 1. The van der Waals surface area contributed by atoms with Crippen molar-refractivity contribution in [2.45, 2.75) is 25.3 Å². The molecule has 0 spiro atoms. The standard InChI is InChI=1S/C22H22Cl2N4OS/c1-28-21-18(29-22(27-28)20-16(23)9-6-10-17(20)24)11-3-4-12-19(26-21)25-14-7-5-8-15(13-14)30-2/h5-6,8-14,25H,3-4,7H2,1-2H3/b18-11+,19-12-,26-21+. The molecule has 1 aromatic rings. The number of hydrazone groups is 1. The van der Waals surface area contributed by atoms with Gasteiger partial charge in [-0.1, -0.05) is 41.4 Å². The van der Waals surface area contributed by atoms with Gasteiger partial charge in [0.2, 0.25) is 5.90 Å². The van der Waals surface area contributed by atoms with Crippen LogP contribution in [0, 0.1) is 0 Å². The number of fused-ring (bicyclic) bond motifs is 1. The summed E-state index contributed by atoms with van der Waals surface area (Å²) >= 11 is 14.4. The first-order valence-electron chi connectivity index (χ1n) is 9.68. The first-order valence-corrected chi connectivity index (χ1v) is 11.7. The highest BCUT2D eigenvalue weighted by Crippen LogP contribution is 2.29. The lowest BCUT2D eigenvalue weighted by Crippen LogP contribution is -2.35. The van der Waals surface area contributed by atoms with Gasteiger partial charge in [0.1, 0.15) is 5.82 Å². The molecule has 1 aliphatic carbocycles. The van der Waals surface area contributed by atoms with Crippen molar-refractivity contribution in [3.05, 3.63) is 80.7 Å². The zero-order valence-corrected chi connectivity index (χ0v) is 19.1. The van der Waals surface area contributed by atoms with Crippen LogP contribution in [0.15, 0.2) is 75.2 Å². The Balaban J connectivity index is 1.62. The molecule has 0 bridgehead atoms. The number of hydrogen-bond acceptors (Lipinski definition) is 6. The van der Waals surface area contributed by atoms with Crippen LogP contribution >= 0.6 is 35.0 Å². The number of thioether (sulfide) groups is 1. The molecule has 0 radical (unpaired) electrons. The third kappa shape index (κ3) is 4.61. The average molecular weight is 461 g/mol. The minimum absolute atomic E-state index is 0.204. The van der Waals surface area contributed by atoms with Crippen LogP contribution < -0.4 is 5.32 Å². The van der Waals surface area contributed by atoms with E-state index in [0.29, 0.717) is 33.1 Å². The lowest BCUT2D eigenvalue weighted by atomic mass is 10.1. The lowest BCUT2D eigenvalue weighted by Gasteiger charge is -2.28. The molecule has 1 atom stereocenters. The molecule has 1 N–H and O–H groups in total. The van der Waals surface area contributed by atoms with E-state index in [1.165, 1.54) is 4.91 Å². The Hall–Kier alpha value is -2.15. The summed E-state index contributed by atoms with van der Waals surface area (Å²) in [6.07, 6.45) is 15.4. The lowest BCUT2D eigenvalue weighted by molar-refractivity contribution is 0.367. The van der Waals surface area contributed by atoms with Gasteiger partial charge in [-0.2, -0.15) is 0 Å². The molecule has 1 unspecified atom stereocenters. The van der Waals surface area contributed by atoms with E-state index in [1.807, 2.05) is 13.1 Å². The molecule has 5 nitrogen and oxygen atoms in total. The Morgan fingerprint density at radius 1 is 1.20 bits per heavy atom. The number of amidine groups is 1. The van der Waals surface area contributed by atoms with Crippen molar-refractivity contribution in [3.8, 4) is 0 Å². The van der Waals surface area contributed by atoms with Gasteiger partial charge in [0, 0.05) is 12.0 Å². The van der Waals surface area contributed by atoms with Crippen molar-refractivity contribution in [2.75, 3.05) is 13.3 Å². The maximum atomic E-state index is 6.35. The van der Waals surface area contributed by atoms with Gasteiger partial charge in [0.15, 0.2) is 11.6 Å². The molecule has 156 valence electrons. The number of ether oxygens (including phenoxy) is 1. The molecule has 8 heteroatoms. The minimum atomic E-state index is 0.204. The topological polar surface area (TPSA) is 49.2 Å². The van der Waals surface area contributed by atoms with Gasteiger partial charge >= 0.3 is 0 Å². The first kappa shape index (κ1) is 21.1. The van der Waals surface area contributed by atoms with Gasteiger partial charge in [-0.15, -0.1) is 16.9 Å². The maximum absolute atomic E-state index is 6.35. The molecule has 0 fully saturated rings. The van der Waals surface area contributed by atoms with Gasteiger partial charge in [-0.25, -0.2) is 10.0 Å². The highest BCUT2D eigenvalue weighted by Gasteiger charge is 2.27. The summed E-state index contributed by atoms with van der Waals surface area (Å²) in [5.74, 6) is 2.47. The maximum Gasteiger partial charge on any atom is 0.247 e. The molecule has 0 saturated heterocycles. The second-order valence-electron chi connectivity index (χ2n) is 6.96. The quantitative estimate of drug-likeness (QED) is 0.625. The molecule has 1 aromatic carbocycles. The summed E-state index contributed by atoms with van der Waals surface area (Å²) in [7, 11) is 1.84. The number of likely N-dealkylation sites (N-methyl/N-ethyl adjacent to an activating group) is 1. The van der Waals surface area contributed by atoms with Crippen molar-refractivity contribution >= 4 is 46.7 Å². The molecular formula is C22H22Cl2N4OS. The zero-order valence-electron chi connectivity index (χ0n) is 16.7. The van der Waals surface area contributed by atoms with E-state index in [2.05, 4.69) is 41.0 Å².